The summed E-state index contributed by atoms with van der Waals surface area (Å²) in [4.78, 5) is 4.78. The standard InChI is InChI=1S/C58H48N2O2/c1-33-9-17-51(37(5)21-33)59(52-18-10-34(2)22-38(52)6)45-15-13-41-27-47-49-31-58-50(32-57(49)61-55(47)29-43(41)25-45)48-28-42-14-16-46(26-44(42)30-56(48)62-58)60(53-19-11-35(3)23-39(53)7)54-20-12-36(4)24-40(54)8/h9-32H,1-8H3. The van der Waals surface area contributed by atoms with Crippen molar-refractivity contribution in [2.45, 2.75) is 55.4 Å². The summed E-state index contributed by atoms with van der Waals surface area (Å²) in [7, 11) is 0. The van der Waals surface area contributed by atoms with Crippen LogP contribution in [-0.4, -0.2) is 0 Å². The third-order valence-electron chi connectivity index (χ3n) is 12.8. The average Bonchev–Trinajstić information content (AvgIpc) is 3.76. The van der Waals surface area contributed by atoms with E-state index in [1.165, 1.54) is 67.3 Å². The van der Waals surface area contributed by atoms with Crippen molar-refractivity contribution >= 4 is 99.5 Å². The Bertz CT molecular complexity index is 3300. The van der Waals surface area contributed by atoms with E-state index >= 15 is 0 Å². The fourth-order valence-electron chi connectivity index (χ4n) is 9.82. The molecule has 0 saturated heterocycles. The predicted octanol–water partition coefficient (Wildman–Crippen LogP) is 17.2. The summed E-state index contributed by atoms with van der Waals surface area (Å²) < 4.78 is 13.4. The SMILES string of the molecule is Cc1ccc(N(c2ccc3cc4c(cc3c2)oc2cc3c(cc24)oc2cc4cc(N(c5ccc(C)cc5C)c5ccc(C)cc5C)ccc4cc23)c2ccc(C)cc2C)c(C)c1. The van der Waals surface area contributed by atoms with Crippen molar-refractivity contribution in [2.75, 3.05) is 9.80 Å². The molecule has 2 aromatic heterocycles. The molecule has 11 aromatic rings. The summed E-state index contributed by atoms with van der Waals surface area (Å²) in [5.74, 6) is 0. The van der Waals surface area contributed by atoms with E-state index in [2.05, 4.69) is 211 Å². The second kappa shape index (κ2) is 14.1. The van der Waals surface area contributed by atoms with Gasteiger partial charge in [-0.2, -0.15) is 0 Å². The maximum atomic E-state index is 6.71. The van der Waals surface area contributed by atoms with Crippen LogP contribution in [-0.2, 0) is 0 Å². The molecule has 0 aliphatic carbocycles. The minimum atomic E-state index is 0.853. The Morgan fingerprint density at radius 2 is 0.581 bits per heavy atom. The molecular formula is C58H48N2O2. The maximum Gasteiger partial charge on any atom is 0.136 e. The van der Waals surface area contributed by atoms with Gasteiger partial charge in [0, 0.05) is 55.7 Å². The maximum absolute atomic E-state index is 6.71. The molecule has 11 rings (SSSR count). The lowest BCUT2D eigenvalue weighted by atomic mass is 10.0. The van der Waals surface area contributed by atoms with E-state index in [0.29, 0.717) is 0 Å². The number of rotatable bonds is 6. The first-order chi connectivity index (χ1) is 29.9. The molecule has 0 bridgehead atoms. The zero-order chi connectivity index (χ0) is 42.6. The quantitative estimate of drug-likeness (QED) is 0.168. The van der Waals surface area contributed by atoms with E-state index in [1.54, 1.807) is 0 Å². The largest absolute Gasteiger partial charge is 0.456 e. The second-order valence-electron chi connectivity index (χ2n) is 17.6. The number of anilines is 6. The zero-order valence-electron chi connectivity index (χ0n) is 36.6. The molecule has 4 nitrogen and oxygen atoms in total. The average molecular weight is 805 g/mol. The lowest BCUT2D eigenvalue weighted by Crippen LogP contribution is -2.13. The highest BCUT2D eigenvalue weighted by Gasteiger charge is 2.21. The van der Waals surface area contributed by atoms with Gasteiger partial charge in [0.25, 0.3) is 0 Å². The first-order valence-electron chi connectivity index (χ1n) is 21.6. The first kappa shape index (κ1) is 37.7. The molecule has 4 heteroatoms. The number of nitrogens with zero attached hydrogens (tertiary/aromatic N) is 2. The van der Waals surface area contributed by atoms with Gasteiger partial charge >= 0.3 is 0 Å². The van der Waals surface area contributed by atoms with Gasteiger partial charge in [-0.25, -0.2) is 0 Å². The van der Waals surface area contributed by atoms with Crippen LogP contribution in [0.1, 0.15) is 44.5 Å². The van der Waals surface area contributed by atoms with Crippen LogP contribution in [0.4, 0.5) is 34.1 Å². The summed E-state index contributed by atoms with van der Waals surface area (Å²) >= 11 is 0. The Hall–Kier alpha value is -7.30. The molecule has 0 atom stereocenters. The van der Waals surface area contributed by atoms with Gasteiger partial charge in [0.15, 0.2) is 0 Å². The van der Waals surface area contributed by atoms with Crippen molar-refractivity contribution in [3.63, 3.8) is 0 Å². The number of benzene rings is 9. The number of fused-ring (bicyclic) bond motifs is 8. The molecule has 0 amide bonds. The number of furan rings is 2. The summed E-state index contributed by atoms with van der Waals surface area (Å²) in [6.07, 6.45) is 0. The minimum absolute atomic E-state index is 0.853. The molecule has 0 unspecified atom stereocenters. The van der Waals surface area contributed by atoms with Crippen LogP contribution in [0.5, 0.6) is 0 Å². The third kappa shape index (κ3) is 6.20. The van der Waals surface area contributed by atoms with Gasteiger partial charge in [-0.15, -0.1) is 0 Å². The zero-order valence-corrected chi connectivity index (χ0v) is 36.6. The van der Waals surface area contributed by atoms with Crippen molar-refractivity contribution in [1.82, 2.24) is 0 Å². The molecule has 62 heavy (non-hydrogen) atoms. The first-order valence-corrected chi connectivity index (χ1v) is 21.6. The molecular weight excluding hydrogens is 757 g/mol. The Morgan fingerprint density at radius 1 is 0.274 bits per heavy atom. The third-order valence-corrected chi connectivity index (χ3v) is 12.8. The van der Waals surface area contributed by atoms with Gasteiger partial charge in [-0.1, -0.05) is 82.9 Å². The van der Waals surface area contributed by atoms with E-state index in [1.807, 2.05) is 0 Å². The molecule has 0 fully saturated rings. The molecule has 0 aliphatic heterocycles. The number of aryl methyl sites for hydroxylation is 8. The van der Waals surface area contributed by atoms with Crippen LogP contribution in [0.25, 0.3) is 65.4 Å². The van der Waals surface area contributed by atoms with Crippen molar-refractivity contribution in [2.24, 2.45) is 0 Å². The predicted molar refractivity (Wildman–Crippen MR) is 263 cm³/mol. The Kier molecular flexibility index (Phi) is 8.59. The van der Waals surface area contributed by atoms with Crippen LogP contribution < -0.4 is 9.80 Å². The van der Waals surface area contributed by atoms with Crippen LogP contribution in [0.15, 0.2) is 154 Å². The van der Waals surface area contributed by atoms with E-state index in [-0.39, 0.29) is 0 Å². The van der Waals surface area contributed by atoms with E-state index in [9.17, 15) is 0 Å². The van der Waals surface area contributed by atoms with Crippen LogP contribution in [0.3, 0.4) is 0 Å². The molecule has 302 valence electrons. The topological polar surface area (TPSA) is 32.8 Å². The Labute approximate surface area is 362 Å². The van der Waals surface area contributed by atoms with Crippen LogP contribution in [0.2, 0.25) is 0 Å². The molecule has 0 aliphatic rings. The molecule has 0 N–H and O–H groups in total. The van der Waals surface area contributed by atoms with E-state index in [0.717, 1.165) is 76.8 Å². The highest BCUT2D eigenvalue weighted by molar-refractivity contribution is 6.18. The fourth-order valence-corrected chi connectivity index (χ4v) is 9.82. The molecule has 9 aromatic carbocycles. The molecule has 0 saturated carbocycles. The lowest BCUT2D eigenvalue weighted by Gasteiger charge is -2.29. The van der Waals surface area contributed by atoms with Gasteiger partial charge in [0.05, 0.1) is 0 Å². The van der Waals surface area contributed by atoms with Gasteiger partial charge in [0.1, 0.15) is 22.3 Å². The highest BCUT2D eigenvalue weighted by Crippen LogP contribution is 2.44. The summed E-state index contributed by atoms with van der Waals surface area (Å²) in [5.41, 5.74) is 20.3. The molecule has 0 spiro atoms. The lowest BCUT2D eigenvalue weighted by molar-refractivity contribution is 0.664. The smallest absolute Gasteiger partial charge is 0.136 e. The highest BCUT2D eigenvalue weighted by atomic mass is 16.3. The number of hydrogen-bond acceptors (Lipinski definition) is 4. The number of hydrogen-bond donors (Lipinski definition) is 0. The van der Waals surface area contributed by atoms with Crippen LogP contribution in [0, 0.1) is 55.4 Å². The van der Waals surface area contributed by atoms with Gasteiger partial charge in [-0.3, -0.25) is 0 Å². The minimum Gasteiger partial charge on any atom is -0.456 e. The molecule has 0 radical (unpaired) electrons. The van der Waals surface area contributed by atoms with Crippen molar-refractivity contribution in [1.29, 1.82) is 0 Å². The second-order valence-corrected chi connectivity index (χ2v) is 17.6. The van der Waals surface area contributed by atoms with E-state index in [4.69, 9.17) is 8.83 Å². The molecule has 2 heterocycles. The Morgan fingerprint density at radius 3 is 0.903 bits per heavy atom. The summed E-state index contributed by atoms with van der Waals surface area (Å²) in [6.45, 7) is 17.4. The van der Waals surface area contributed by atoms with Crippen molar-refractivity contribution in [3.05, 3.63) is 190 Å². The normalized spacial score (nSPS) is 11.9. The van der Waals surface area contributed by atoms with Crippen molar-refractivity contribution < 1.29 is 8.83 Å². The van der Waals surface area contributed by atoms with Gasteiger partial charge in [0.2, 0.25) is 0 Å². The van der Waals surface area contributed by atoms with Crippen molar-refractivity contribution in [3.8, 4) is 0 Å². The monoisotopic (exact) mass is 804 g/mol. The van der Waals surface area contributed by atoms with Gasteiger partial charge < -0.3 is 18.6 Å². The van der Waals surface area contributed by atoms with Crippen LogP contribution >= 0.6 is 0 Å². The van der Waals surface area contributed by atoms with Gasteiger partial charge in [-0.05, 0) is 184 Å². The fraction of sp³-hybridized carbons (Fsp3) is 0.138. The Balaban J connectivity index is 1.01. The summed E-state index contributed by atoms with van der Waals surface area (Å²) in [6, 6.07) is 53.6. The van der Waals surface area contributed by atoms with E-state index < -0.39 is 0 Å². The summed E-state index contributed by atoms with van der Waals surface area (Å²) in [5, 5.41) is 8.83.